The van der Waals surface area contributed by atoms with E-state index in [9.17, 15) is 0 Å². The Bertz CT molecular complexity index is 91.4. The summed E-state index contributed by atoms with van der Waals surface area (Å²) in [6.45, 7) is 0. The van der Waals surface area contributed by atoms with Gasteiger partial charge in [-0.3, -0.25) is 0 Å². The van der Waals surface area contributed by atoms with Crippen molar-refractivity contribution in [2.45, 2.75) is 12.8 Å². The Balaban J connectivity index is -0.0000000600. The van der Waals surface area contributed by atoms with Gasteiger partial charge in [0.1, 0.15) is 0 Å². The summed E-state index contributed by atoms with van der Waals surface area (Å²) in [6, 6.07) is 0. The van der Waals surface area contributed by atoms with Crippen LogP contribution in [0, 0.1) is 11.3 Å². The maximum absolute atomic E-state index is 5.07. The molecule has 0 bridgehead atoms. The standard InChI is InChI=1S/C5H6ClI.Mg.2H/c6-4-2-1-3-5-7;;;/h1,3,5H2;;;/q;+2;2*-1. The number of hydrogen-bond acceptors (Lipinski definition) is 0. The zero-order chi connectivity index (χ0) is 5.54. The van der Waals surface area contributed by atoms with Crippen molar-refractivity contribution in [3.8, 4) is 11.3 Å². The van der Waals surface area contributed by atoms with Crippen LogP contribution >= 0.6 is 34.2 Å². The summed E-state index contributed by atoms with van der Waals surface area (Å²) >= 11 is 7.39. The first-order valence-electron chi connectivity index (χ1n) is 2.06. The van der Waals surface area contributed by atoms with Gasteiger partial charge in [-0.05, 0) is 18.0 Å². The van der Waals surface area contributed by atoms with Crippen molar-refractivity contribution in [3.63, 3.8) is 0 Å². The monoisotopic (exact) mass is 254 g/mol. The molecule has 0 aliphatic rings. The van der Waals surface area contributed by atoms with Crippen molar-refractivity contribution in [3.05, 3.63) is 0 Å². The van der Waals surface area contributed by atoms with Gasteiger partial charge in [0.2, 0.25) is 0 Å². The van der Waals surface area contributed by atoms with Crippen LogP contribution in [-0.2, 0) is 0 Å². The first kappa shape index (κ1) is 12.1. The summed E-state index contributed by atoms with van der Waals surface area (Å²) in [4.78, 5) is 0. The molecule has 0 aliphatic heterocycles. The fourth-order valence-electron chi connectivity index (χ4n) is 0.202. The zero-order valence-corrected chi connectivity index (χ0v) is 8.91. The first-order valence-corrected chi connectivity index (χ1v) is 3.96. The summed E-state index contributed by atoms with van der Waals surface area (Å²) in [7, 11) is 0. The largest absolute Gasteiger partial charge is 2.00 e. The zero-order valence-electron chi connectivity index (χ0n) is 6.58. The van der Waals surface area contributed by atoms with Gasteiger partial charge in [-0.15, -0.1) is 0 Å². The SMILES string of the molecule is ClC#CCCCI.[H-].[H-].[Mg+2]. The van der Waals surface area contributed by atoms with Gasteiger partial charge in [-0.25, -0.2) is 0 Å². The van der Waals surface area contributed by atoms with Crippen LogP contribution in [0.5, 0.6) is 0 Å². The van der Waals surface area contributed by atoms with Gasteiger partial charge in [0.25, 0.3) is 0 Å². The van der Waals surface area contributed by atoms with Crippen LogP contribution in [-0.4, -0.2) is 27.5 Å². The van der Waals surface area contributed by atoms with Gasteiger partial charge in [0, 0.05) is 16.2 Å². The minimum Gasteiger partial charge on any atom is -1.00 e. The normalized spacial score (nSPS) is 6.25. The van der Waals surface area contributed by atoms with Gasteiger partial charge < -0.3 is 2.85 Å². The molecule has 0 aromatic rings. The quantitative estimate of drug-likeness (QED) is 0.233. The van der Waals surface area contributed by atoms with Gasteiger partial charge in [-0.1, -0.05) is 28.5 Å². The van der Waals surface area contributed by atoms with E-state index in [0.717, 1.165) is 12.8 Å². The van der Waals surface area contributed by atoms with Gasteiger partial charge in [-0.2, -0.15) is 0 Å². The fraction of sp³-hybridized carbons (Fsp3) is 0.600. The minimum atomic E-state index is 0. The Hall–Kier alpha value is 1.35. The first-order chi connectivity index (χ1) is 3.41. The average Bonchev–Trinajstić information content (AvgIpc) is 1.69. The third-order valence-electron chi connectivity index (χ3n) is 0.502. The number of hydrogen-bond donors (Lipinski definition) is 0. The van der Waals surface area contributed by atoms with Crippen molar-refractivity contribution in [1.82, 2.24) is 0 Å². The molecule has 0 nitrogen and oxygen atoms in total. The number of unbranched alkanes of at least 4 members (excludes halogenated alkanes) is 1. The van der Waals surface area contributed by atoms with E-state index >= 15 is 0 Å². The van der Waals surface area contributed by atoms with Crippen LogP contribution in [0.25, 0.3) is 0 Å². The second-order valence-corrected chi connectivity index (χ2v) is 2.33. The van der Waals surface area contributed by atoms with Crippen molar-refractivity contribution >= 4 is 57.2 Å². The van der Waals surface area contributed by atoms with Crippen LogP contribution in [0.15, 0.2) is 0 Å². The second-order valence-electron chi connectivity index (χ2n) is 1.06. The van der Waals surface area contributed by atoms with Gasteiger partial charge in [0.05, 0.1) is 0 Å². The number of rotatable bonds is 2. The van der Waals surface area contributed by atoms with E-state index in [4.69, 9.17) is 11.6 Å². The summed E-state index contributed by atoms with van der Waals surface area (Å²) < 4.78 is 1.17. The molecule has 0 fully saturated rings. The molecule has 3 heteroatoms. The molecule has 0 spiro atoms. The molecule has 44 valence electrons. The van der Waals surface area contributed by atoms with E-state index in [1.165, 1.54) is 4.43 Å². The van der Waals surface area contributed by atoms with E-state index in [-0.39, 0.29) is 25.9 Å². The molecule has 0 amide bonds. The van der Waals surface area contributed by atoms with E-state index in [0.29, 0.717) is 0 Å². The topological polar surface area (TPSA) is 0 Å². The van der Waals surface area contributed by atoms with Crippen molar-refractivity contribution in [1.29, 1.82) is 0 Å². The Labute approximate surface area is 88.0 Å². The van der Waals surface area contributed by atoms with Gasteiger partial charge in [0.15, 0.2) is 0 Å². The predicted octanol–water partition coefficient (Wildman–Crippen LogP) is 2.25. The third kappa shape index (κ3) is 10.4. The second kappa shape index (κ2) is 11.2. The predicted molar refractivity (Wildman–Crippen MR) is 49.7 cm³/mol. The summed E-state index contributed by atoms with van der Waals surface area (Å²) in [6.07, 6.45) is 2.09. The number of halogens is 2. The van der Waals surface area contributed by atoms with Crippen LogP contribution < -0.4 is 0 Å². The summed E-state index contributed by atoms with van der Waals surface area (Å²) in [5, 5.41) is 2.32. The molecule has 0 aliphatic carbocycles. The maximum atomic E-state index is 5.07. The molecule has 0 rings (SSSR count). The Kier molecular flexibility index (Phi) is 16.9. The summed E-state index contributed by atoms with van der Waals surface area (Å²) in [5.74, 6) is 2.76. The minimum absolute atomic E-state index is 0. The van der Waals surface area contributed by atoms with Crippen LogP contribution in [0.4, 0.5) is 0 Å². The molecule has 0 radical (unpaired) electrons. The molecule has 0 saturated heterocycles. The van der Waals surface area contributed by atoms with Crippen molar-refractivity contribution in [2.75, 3.05) is 4.43 Å². The Morgan fingerprint density at radius 2 is 2.25 bits per heavy atom. The van der Waals surface area contributed by atoms with E-state index < -0.39 is 0 Å². The average molecular weight is 255 g/mol. The fourth-order valence-corrected chi connectivity index (χ4v) is 0.678. The molecule has 0 unspecified atom stereocenters. The molecule has 0 saturated carbocycles. The smallest absolute Gasteiger partial charge is 1.00 e. The third-order valence-corrected chi connectivity index (χ3v) is 1.40. The maximum Gasteiger partial charge on any atom is 2.00 e. The Morgan fingerprint density at radius 3 is 2.62 bits per heavy atom. The van der Waals surface area contributed by atoms with Crippen molar-refractivity contribution in [2.24, 2.45) is 0 Å². The molecule has 0 heterocycles. The molecular formula is C5H8ClIMg. The molecule has 8 heavy (non-hydrogen) atoms. The van der Waals surface area contributed by atoms with Crippen LogP contribution in [0.2, 0.25) is 0 Å². The molecule has 0 atom stereocenters. The van der Waals surface area contributed by atoms with Crippen LogP contribution in [0.1, 0.15) is 15.7 Å². The number of alkyl halides is 1. The van der Waals surface area contributed by atoms with Gasteiger partial charge >= 0.3 is 23.1 Å². The van der Waals surface area contributed by atoms with Crippen LogP contribution in [0.3, 0.4) is 0 Å². The molecule has 0 aromatic heterocycles. The van der Waals surface area contributed by atoms with E-state index in [1.54, 1.807) is 0 Å². The molecule has 0 aromatic carbocycles. The summed E-state index contributed by atoms with van der Waals surface area (Å²) in [5.41, 5.74) is 0. The Morgan fingerprint density at radius 1 is 1.62 bits per heavy atom. The van der Waals surface area contributed by atoms with Crippen molar-refractivity contribution < 1.29 is 2.85 Å². The molecular weight excluding hydrogens is 247 g/mol. The van der Waals surface area contributed by atoms with E-state index in [1.807, 2.05) is 0 Å². The van der Waals surface area contributed by atoms with E-state index in [2.05, 4.69) is 33.9 Å². The molecule has 0 N–H and O–H groups in total.